The molecule has 6 nitrogen and oxygen atoms in total. The van der Waals surface area contributed by atoms with Crippen molar-refractivity contribution >= 4 is 28.7 Å². The van der Waals surface area contributed by atoms with Gasteiger partial charge in [-0.1, -0.05) is 74.3 Å². The molecule has 1 aliphatic rings. The predicted molar refractivity (Wildman–Crippen MR) is 160 cm³/mol. The van der Waals surface area contributed by atoms with Crippen molar-refractivity contribution in [3.63, 3.8) is 0 Å². The molecule has 0 saturated carbocycles. The van der Waals surface area contributed by atoms with Crippen molar-refractivity contribution in [2.45, 2.75) is 58.3 Å². The normalized spacial score (nSPS) is 13.5. The van der Waals surface area contributed by atoms with Crippen molar-refractivity contribution in [3.05, 3.63) is 121 Å². The van der Waals surface area contributed by atoms with E-state index < -0.39 is 5.97 Å². The highest BCUT2D eigenvalue weighted by molar-refractivity contribution is 7.10. The smallest absolute Gasteiger partial charge is 0.317 e. The van der Waals surface area contributed by atoms with Crippen LogP contribution in [0.25, 0.3) is 11.1 Å². The summed E-state index contributed by atoms with van der Waals surface area (Å²) in [6, 6.07) is 23.2. The third kappa shape index (κ3) is 5.09. The number of hydrogen-bond donors (Lipinski definition) is 0. The Morgan fingerprint density at radius 3 is 2.30 bits per heavy atom. The lowest BCUT2D eigenvalue weighted by Crippen LogP contribution is -2.25. The van der Waals surface area contributed by atoms with Crippen LogP contribution in [0.4, 0.5) is 5.69 Å². The van der Waals surface area contributed by atoms with Crippen LogP contribution in [0, 0.1) is 17.0 Å². The number of aryl methyl sites for hydroxylation is 1. The molecule has 0 unspecified atom stereocenters. The topological polar surface area (TPSA) is 81.8 Å². The van der Waals surface area contributed by atoms with Crippen LogP contribution in [0.3, 0.4) is 0 Å². The van der Waals surface area contributed by atoms with Crippen molar-refractivity contribution < 1.29 is 14.6 Å². The third-order valence-electron chi connectivity index (χ3n) is 7.72. The first kappa shape index (κ1) is 27.5. The largest absolute Gasteiger partial charge is 0.340 e. The lowest BCUT2D eigenvalue weighted by atomic mass is 9.71. The summed E-state index contributed by atoms with van der Waals surface area (Å²) in [7, 11) is 0. The number of fused-ring (bicyclic) bond motifs is 3. The Bertz CT molecular complexity index is 1580. The molecule has 0 atom stereocenters. The van der Waals surface area contributed by atoms with E-state index in [0.717, 1.165) is 69.5 Å². The molecule has 0 amide bonds. The van der Waals surface area contributed by atoms with Crippen molar-refractivity contribution in [1.29, 1.82) is 0 Å². The van der Waals surface area contributed by atoms with Gasteiger partial charge in [0.25, 0.3) is 5.69 Å². The first-order valence-electron chi connectivity index (χ1n) is 13.7. The number of nitro groups is 1. The van der Waals surface area contributed by atoms with Gasteiger partial charge in [-0.2, -0.15) is 0 Å². The van der Waals surface area contributed by atoms with E-state index in [1.54, 1.807) is 12.1 Å². The van der Waals surface area contributed by atoms with E-state index in [-0.39, 0.29) is 22.4 Å². The molecule has 0 saturated heterocycles. The van der Waals surface area contributed by atoms with E-state index in [2.05, 4.69) is 31.1 Å². The zero-order valence-electron chi connectivity index (χ0n) is 23.0. The summed E-state index contributed by atoms with van der Waals surface area (Å²) in [5.74, 6) is -0.416. The SMILES string of the molecule is CCCC1(CCC)c2cc(/C(=N/OC(=O)Cc3cccs3)c3ccccc3C)ccc2-c2ccc([N+](=O)[O-])cc21. The van der Waals surface area contributed by atoms with Gasteiger partial charge < -0.3 is 4.84 Å². The van der Waals surface area contributed by atoms with Crippen molar-refractivity contribution in [3.8, 4) is 11.1 Å². The molecule has 0 spiro atoms. The number of non-ortho nitro benzene ring substituents is 1. The van der Waals surface area contributed by atoms with E-state index >= 15 is 0 Å². The molecule has 3 aromatic carbocycles. The number of carbonyl (C=O) groups excluding carboxylic acids is 1. The maximum Gasteiger partial charge on any atom is 0.340 e. The Kier molecular flexibility index (Phi) is 7.94. The number of rotatable bonds is 10. The van der Waals surface area contributed by atoms with Gasteiger partial charge in [0.15, 0.2) is 0 Å². The average molecular weight is 553 g/mol. The molecule has 1 heterocycles. The molecule has 0 bridgehead atoms. The standard InChI is InChI=1S/C33H32N2O4S/c1-4-16-33(17-5-2)29-19-23(12-14-27(29)28-15-13-24(35(37)38)20-30(28)33)32(26-11-7-6-9-22(26)3)34-39-31(36)21-25-10-8-18-40-25/h6-15,18-20H,4-5,16-17,21H2,1-3H3/b34-32-. The molecule has 0 radical (unpaired) electrons. The fraction of sp³-hybridized carbons (Fsp3) is 0.273. The Labute approximate surface area is 238 Å². The zero-order valence-corrected chi connectivity index (χ0v) is 23.8. The van der Waals surface area contributed by atoms with Gasteiger partial charge in [0.05, 0.1) is 11.3 Å². The summed E-state index contributed by atoms with van der Waals surface area (Å²) >= 11 is 1.51. The fourth-order valence-electron chi connectivity index (χ4n) is 6.04. The number of thiophene rings is 1. The Morgan fingerprint density at radius 2 is 1.65 bits per heavy atom. The number of carbonyl (C=O) groups is 1. The second kappa shape index (κ2) is 11.6. The van der Waals surface area contributed by atoms with Gasteiger partial charge in [-0.25, -0.2) is 4.79 Å². The summed E-state index contributed by atoms with van der Waals surface area (Å²) in [5.41, 5.74) is 7.41. The van der Waals surface area contributed by atoms with Gasteiger partial charge in [-0.15, -0.1) is 11.3 Å². The third-order valence-corrected chi connectivity index (χ3v) is 8.60. The van der Waals surface area contributed by atoms with Crippen LogP contribution in [-0.2, 0) is 21.5 Å². The minimum atomic E-state index is -0.416. The second-order valence-electron chi connectivity index (χ2n) is 10.3. The minimum Gasteiger partial charge on any atom is -0.317 e. The van der Waals surface area contributed by atoms with Gasteiger partial charge in [0, 0.05) is 33.6 Å². The van der Waals surface area contributed by atoms with E-state index in [4.69, 9.17) is 4.84 Å². The maximum atomic E-state index is 12.7. The van der Waals surface area contributed by atoms with Crippen molar-refractivity contribution in [2.24, 2.45) is 5.16 Å². The summed E-state index contributed by atoms with van der Waals surface area (Å²) in [5, 5.41) is 18.1. The number of oxime groups is 1. The van der Waals surface area contributed by atoms with Crippen LogP contribution in [0.1, 0.15) is 72.2 Å². The van der Waals surface area contributed by atoms with Gasteiger partial charge in [-0.3, -0.25) is 10.1 Å². The molecule has 5 rings (SSSR count). The van der Waals surface area contributed by atoms with E-state index in [0.29, 0.717) is 5.71 Å². The molecule has 40 heavy (non-hydrogen) atoms. The first-order valence-corrected chi connectivity index (χ1v) is 14.6. The van der Waals surface area contributed by atoms with Crippen LogP contribution >= 0.6 is 11.3 Å². The van der Waals surface area contributed by atoms with Crippen LogP contribution in [0.2, 0.25) is 0 Å². The fourth-order valence-corrected chi connectivity index (χ4v) is 6.73. The quantitative estimate of drug-likeness (QED) is 0.0856. The summed E-state index contributed by atoms with van der Waals surface area (Å²) in [4.78, 5) is 30.5. The highest BCUT2D eigenvalue weighted by Gasteiger charge is 2.43. The molecule has 4 aromatic rings. The van der Waals surface area contributed by atoms with E-state index in [9.17, 15) is 14.9 Å². The maximum absolute atomic E-state index is 12.7. The average Bonchev–Trinajstić information content (AvgIpc) is 3.55. The molecular formula is C33H32N2O4S. The van der Waals surface area contributed by atoms with Crippen LogP contribution in [0.15, 0.2) is 83.3 Å². The number of benzene rings is 3. The first-order chi connectivity index (χ1) is 19.4. The Hall–Kier alpha value is -4.10. The predicted octanol–water partition coefficient (Wildman–Crippen LogP) is 8.37. The van der Waals surface area contributed by atoms with E-state index in [1.807, 2.05) is 60.8 Å². The molecular weight excluding hydrogens is 520 g/mol. The summed E-state index contributed by atoms with van der Waals surface area (Å²) < 4.78 is 0. The van der Waals surface area contributed by atoms with Crippen LogP contribution in [0.5, 0.6) is 0 Å². The van der Waals surface area contributed by atoms with Gasteiger partial charge in [0.1, 0.15) is 5.71 Å². The van der Waals surface area contributed by atoms with E-state index in [1.165, 1.54) is 11.3 Å². The Morgan fingerprint density at radius 1 is 0.950 bits per heavy atom. The van der Waals surface area contributed by atoms with Gasteiger partial charge >= 0.3 is 5.97 Å². The van der Waals surface area contributed by atoms with Crippen molar-refractivity contribution in [2.75, 3.05) is 0 Å². The van der Waals surface area contributed by atoms with Gasteiger partial charge in [0.2, 0.25) is 0 Å². The van der Waals surface area contributed by atoms with Crippen molar-refractivity contribution in [1.82, 2.24) is 0 Å². The lowest BCUT2D eigenvalue weighted by Gasteiger charge is -2.32. The number of hydrogen-bond acceptors (Lipinski definition) is 6. The molecule has 0 N–H and O–H groups in total. The molecule has 1 aliphatic carbocycles. The summed E-state index contributed by atoms with van der Waals surface area (Å²) in [6.45, 7) is 6.33. The lowest BCUT2D eigenvalue weighted by molar-refractivity contribution is -0.384. The molecule has 204 valence electrons. The molecule has 1 aromatic heterocycles. The molecule has 0 aliphatic heterocycles. The molecule has 7 heteroatoms. The van der Waals surface area contributed by atoms with Crippen LogP contribution < -0.4 is 0 Å². The Balaban J connectivity index is 1.64. The van der Waals surface area contributed by atoms with Crippen LogP contribution in [-0.4, -0.2) is 16.6 Å². The monoisotopic (exact) mass is 552 g/mol. The van der Waals surface area contributed by atoms with Gasteiger partial charge in [-0.05, 0) is 71.2 Å². The molecule has 0 fully saturated rings. The summed E-state index contributed by atoms with van der Waals surface area (Å²) in [6.07, 6.45) is 3.78. The second-order valence-corrected chi connectivity index (χ2v) is 11.3. The number of nitro benzene ring substituents is 1. The number of nitrogens with zero attached hydrogens (tertiary/aromatic N) is 2. The zero-order chi connectivity index (χ0) is 28.3. The highest BCUT2D eigenvalue weighted by Crippen LogP contribution is 2.54. The minimum absolute atomic E-state index is 0.114. The highest BCUT2D eigenvalue weighted by atomic mass is 32.1.